The summed E-state index contributed by atoms with van der Waals surface area (Å²) in [5, 5.41) is 3.02. The van der Waals surface area contributed by atoms with Gasteiger partial charge in [-0.05, 0) is 62.7 Å². The summed E-state index contributed by atoms with van der Waals surface area (Å²) >= 11 is 0. The average Bonchev–Trinajstić information content (AvgIpc) is 3.22. The summed E-state index contributed by atoms with van der Waals surface area (Å²) in [5.74, 6) is -2.92. The van der Waals surface area contributed by atoms with E-state index in [9.17, 15) is 18.0 Å². The lowest BCUT2D eigenvalue weighted by Gasteiger charge is -2.44. The molecule has 1 N–H and O–H groups in total. The van der Waals surface area contributed by atoms with E-state index in [-0.39, 0.29) is 36.8 Å². The first-order valence-corrected chi connectivity index (χ1v) is 12.0. The van der Waals surface area contributed by atoms with Crippen LogP contribution in [-0.2, 0) is 21.6 Å². The average molecular weight is 526 g/mol. The Hall–Kier alpha value is -3.89. The molecule has 0 aliphatic carbocycles. The van der Waals surface area contributed by atoms with E-state index in [4.69, 9.17) is 14.2 Å². The molecule has 0 saturated carbocycles. The number of carbonyl (C=O) groups is 1. The number of aryl methyl sites for hydroxylation is 1. The number of fused-ring (bicyclic) bond motifs is 1. The van der Waals surface area contributed by atoms with Crippen molar-refractivity contribution in [3.05, 3.63) is 101 Å². The molecule has 0 radical (unpaired) electrons. The van der Waals surface area contributed by atoms with Crippen molar-refractivity contribution in [2.45, 2.75) is 38.7 Å². The van der Waals surface area contributed by atoms with E-state index in [1.165, 1.54) is 18.2 Å². The quantitative estimate of drug-likeness (QED) is 0.382. The maximum atomic E-state index is 14.1. The molecule has 0 atom stereocenters. The zero-order valence-electron chi connectivity index (χ0n) is 21.1. The van der Waals surface area contributed by atoms with Crippen LogP contribution in [0.25, 0.3) is 5.65 Å². The van der Waals surface area contributed by atoms with Gasteiger partial charge in [-0.15, -0.1) is 0 Å². The van der Waals surface area contributed by atoms with Crippen molar-refractivity contribution in [3.63, 3.8) is 0 Å². The lowest BCUT2D eigenvalue weighted by Crippen LogP contribution is -2.58. The van der Waals surface area contributed by atoms with Crippen LogP contribution in [0, 0.1) is 24.4 Å². The van der Waals surface area contributed by atoms with Crippen LogP contribution in [0.5, 0.6) is 5.75 Å². The SMILES string of the molecule is Cc1nc2c(OCc3c(F)cccc3F)cccn2c1C(=O)NC1(c2ccc(F)cc2)COC(C)(C)OC1. The zero-order valence-corrected chi connectivity index (χ0v) is 21.1. The number of hydrogen-bond acceptors (Lipinski definition) is 5. The van der Waals surface area contributed by atoms with Crippen molar-refractivity contribution in [1.29, 1.82) is 0 Å². The van der Waals surface area contributed by atoms with Crippen LogP contribution in [-0.4, -0.2) is 34.3 Å². The Balaban J connectivity index is 1.46. The number of aromatic nitrogens is 2. The maximum Gasteiger partial charge on any atom is 0.271 e. The number of rotatable bonds is 6. The summed E-state index contributed by atoms with van der Waals surface area (Å²) in [4.78, 5) is 18.2. The molecule has 2 aromatic carbocycles. The first kappa shape index (κ1) is 25.7. The second kappa shape index (κ2) is 9.77. The number of halogens is 3. The highest BCUT2D eigenvalue weighted by Gasteiger charge is 2.43. The predicted molar refractivity (Wildman–Crippen MR) is 132 cm³/mol. The monoisotopic (exact) mass is 525 g/mol. The molecule has 7 nitrogen and oxygen atoms in total. The fourth-order valence-electron chi connectivity index (χ4n) is 4.40. The third-order valence-corrected chi connectivity index (χ3v) is 6.52. The third kappa shape index (κ3) is 4.84. The predicted octanol–water partition coefficient (Wildman–Crippen LogP) is 5.05. The molecule has 0 unspecified atom stereocenters. The minimum atomic E-state index is -1.09. The number of nitrogens with one attached hydrogen (secondary N) is 1. The molecule has 1 amide bonds. The van der Waals surface area contributed by atoms with Gasteiger partial charge < -0.3 is 19.5 Å². The summed E-state index contributed by atoms with van der Waals surface area (Å²) in [6.45, 7) is 5.04. The Morgan fingerprint density at radius 3 is 2.34 bits per heavy atom. The van der Waals surface area contributed by atoms with Gasteiger partial charge in [0.1, 0.15) is 35.3 Å². The Bertz CT molecular complexity index is 1470. The number of benzene rings is 2. The van der Waals surface area contributed by atoms with Crippen LogP contribution in [0.4, 0.5) is 13.2 Å². The highest BCUT2D eigenvalue weighted by molar-refractivity contribution is 5.95. The Morgan fingerprint density at radius 1 is 1.03 bits per heavy atom. The van der Waals surface area contributed by atoms with E-state index in [0.29, 0.717) is 16.9 Å². The molecule has 1 aliphatic heterocycles. The molecule has 1 aliphatic rings. The van der Waals surface area contributed by atoms with Crippen LogP contribution in [0.3, 0.4) is 0 Å². The molecule has 0 spiro atoms. The van der Waals surface area contributed by atoms with Gasteiger partial charge in [0, 0.05) is 6.20 Å². The fourth-order valence-corrected chi connectivity index (χ4v) is 4.40. The van der Waals surface area contributed by atoms with Crippen molar-refractivity contribution >= 4 is 11.6 Å². The first-order chi connectivity index (χ1) is 18.1. The maximum absolute atomic E-state index is 14.1. The molecule has 2 aromatic heterocycles. The normalized spacial score (nSPS) is 16.4. The van der Waals surface area contributed by atoms with Gasteiger partial charge in [-0.25, -0.2) is 18.2 Å². The summed E-state index contributed by atoms with van der Waals surface area (Å²) in [6, 6.07) is 12.6. The molecule has 1 saturated heterocycles. The van der Waals surface area contributed by atoms with E-state index >= 15 is 0 Å². The molecular formula is C28H26F3N3O4. The van der Waals surface area contributed by atoms with Gasteiger partial charge in [0.25, 0.3) is 5.91 Å². The topological polar surface area (TPSA) is 74.1 Å². The van der Waals surface area contributed by atoms with Crippen LogP contribution >= 0.6 is 0 Å². The molecule has 38 heavy (non-hydrogen) atoms. The van der Waals surface area contributed by atoms with Gasteiger partial charge in [-0.2, -0.15) is 0 Å². The molecular weight excluding hydrogens is 499 g/mol. The first-order valence-electron chi connectivity index (χ1n) is 12.0. The van der Waals surface area contributed by atoms with Gasteiger partial charge >= 0.3 is 0 Å². The summed E-state index contributed by atoms with van der Waals surface area (Å²) in [7, 11) is 0. The molecule has 5 rings (SSSR count). The van der Waals surface area contributed by atoms with E-state index < -0.39 is 34.7 Å². The number of amides is 1. The third-order valence-electron chi connectivity index (χ3n) is 6.52. The van der Waals surface area contributed by atoms with Crippen molar-refractivity contribution < 1.29 is 32.2 Å². The Morgan fingerprint density at radius 2 is 1.68 bits per heavy atom. The second-order valence-corrected chi connectivity index (χ2v) is 9.62. The smallest absolute Gasteiger partial charge is 0.271 e. The second-order valence-electron chi connectivity index (χ2n) is 9.62. The van der Waals surface area contributed by atoms with Gasteiger partial charge in [0.15, 0.2) is 17.2 Å². The van der Waals surface area contributed by atoms with Crippen molar-refractivity contribution in [2.24, 2.45) is 0 Å². The van der Waals surface area contributed by atoms with Crippen molar-refractivity contribution in [1.82, 2.24) is 14.7 Å². The molecule has 4 aromatic rings. The lowest BCUT2D eigenvalue weighted by molar-refractivity contribution is -0.272. The Labute approximate surface area is 217 Å². The fraction of sp³-hybridized carbons (Fsp3) is 0.286. The minimum Gasteiger partial charge on any atom is -0.485 e. The lowest BCUT2D eigenvalue weighted by atomic mass is 9.90. The van der Waals surface area contributed by atoms with E-state index in [1.54, 1.807) is 55.6 Å². The molecule has 1 fully saturated rings. The molecule has 3 heterocycles. The zero-order chi connectivity index (χ0) is 27.1. The van der Waals surface area contributed by atoms with Crippen LogP contribution in [0.2, 0.25) is 0 Å². The van der Waals surface area contributed by atoms with Gasteiger partial charge in [-0.1, -0.05) is 18.2 Å². The summed E-state index contributed by atoms with van der Waals surface area (Å²) in [5.41, 5.74) is 0.256. The van der Waals surface area contributed by atoms with E-state index in [0.717, 1.165) is 12.1 Å². The largest absolute Gasteiger partial charge is 0.485 e. The minimum absolute atomic E-state index is 0.0930. The molecule has 0 bridgehead atoms. The number of nitrogens with zero attached hydrogens (tertiary/aromatic N) is 2. The number of imidazole rings is 1. The van der Waals surface area contributed by atoms with Crippen LogP contribution < -0.4 is 10.1 Å². The number of hydrogen-bond donors (Lipinski definition) is 1. The number of ether oxygens (including phenoxy) is 3. The summed E-state index contributed by atoms with van der Waals surface area (Å²) in [6.07, 6.45) is 1.64. The summed E-state index contributed by atoms with van der Waals surface area (Å²) < 4.78 is 60.8. The van der Waals surface area contributed by atoms with Crippen molar-refractivity contribution in [3.8, 4) is 5.75 Å². The Kier molecular flexibility index (Phi) is 6.62. The van der Waals surface area contributed by atoms with E-state index in [1.807, 2.05) is 0 Å². The number of pyridine rings is 1. The van der Waals surface area contributed by atoms with Gasteiger partial charge in [0.2, 0.25) is 0 Å². The highest BCUT2D eigenvalue weighted by atomic mass is 19.1. The van der Waals surface area contributed by atoms with Crippen molar-refractivity contribution in [2.75, 3.05) is 13.2 Å². The molecule has 10 heteroatoms. The van der Waals surface area contributed by atoms with Crippen LogP contribution in [0.15, 0.2) is 60.8 Å². The van der Waals surface area contributed by atoms with E-state index in [2.05, 4.69) is 10.3 Å². The highest BCUT2D eigenvalue weighted by Crippen LogP contribution is 2.32. The van der Waals surface area contributed by atoms with Crippen LogP contribution in [0.1, 0.15) is 41.2 Å². The number of carbonyl (C=O) groups excluding carboxylic acids is 1. The van der Waals surface area contributed by atoms with Gasteiger partial charge in [0.05, 0.1) is 24.5 Å². The molecule has 198 valence electrons. The standard InChI is InChI=1S/C28H26F3N3O4/c1-17-24(26(35)33-28(15-37-27(2,3)38-16-28)18-9-11-19(29)12-10-18)34-13-5-8-23(25(34)32-17)36-14-20-21(30)6-4-7-22(20)31/h4-13H,14-16H2,1-3H3,(H,33,35). The van der Waals surface area contributed by atoms with Gasteiger partial charge in [-0.3, -0.25) is 9.20 Å².